The second-order valence-electron chi connectivity index (χ2n) is 4.55. The van der Waals surface area contributed by atoms with Crippen LogP contribution in [0.15, 0.2) is 36.5 Å². The molecular formula is C15H16N2O3. The van der Waals surface area contributed by atoms with Crippen LogP contribution >= 0.6 is 0 Å². The number of rotatable bonds is 4. The zero-order chi connectivity index (χ0) is 13.9. The summed E-state index contributed by atoms with van der Waals surface area (Å²) in [6.07, 6.45) is 2.53. The molecule has 5 heteroatoms. The number of nitrogens with zero attached hydrogens (tertiary/aromatic N) is 1. The van der Waals surface area contributed by atoms with Crippen LogP contribution in [0.1, 0.15) is 25.1 Å². The Morgan fingerprint density at radius 2 is 2.00 bits per heavy atom. The molecule has 0 fully saturated rings. The molecule has 104 valence electrons. The van der Waals surface area contributed by atoms with Gasteiger partial charge in [0.05, 0.1) is 11.9 Å². The SMILES string of the molecule is CCC(N)c1ccc(Oc2ccc3c(c2)OCO3)cn1. The summed E-state index contributed by atoms with van der Waals surface area (Å²) in [5.74, 6) is 2.78. The number of nitrogens with two attached hydrogens (primary N) is 1. The van der Waals surface area contributed by atoms with Crippen molar-refractivity contribution in [3.05, 3.63) is 42.2 Å². The molecule has 2 N–H and O–H groups in total. The lowest BCUT2D eigenvalue weighted by molar-refractivity contribution is 0.174. The average Bonchev–Trinajstić information content (AvgIpc) is 2.95. The number of fused-ring (bicyclic) bond motifs is 1. The summed E-state index contributed by atoms with van der Waals surface area (Å²) in [5.41, 5.74) is 6.79. The second kappa shape index (κ2) is 5.38. The fraction of sp³-hybridized carbons (Fsp3) is 0.267. The Morgan fingerprint density at radius 1 is 1.20 bits per heavy atom. The first kappa shape index (κ1) is 12.7. The molecule has 1 atom stereocenters. The lowest BCUT2D eigenvalue weighted by atomic mass is 10.1. The smallest absolute Gasteiger partial charge is 0.231 e. The highest BCUT2D eigenvalue weighted by Crippen LogP contribution is 2.36. The van der Waals surface area contributed by atoms with E-state index in [2.05, 4.69) is 4.98 Å². The van der Waals surface area contributed by atoms with Crippen LogP contribution in [0.25, 0.3) is 0 Å². The minimum atomic E-state index is -0.0328. The summed E-state index contributed by atoms with van der Waals surface area (Å²) < 4.78 is 16.3. The highest BCUT2D eigenvalue weighted by Gasteiger charge is 2.14. The minimum absolute atomic E-state index is 0.0328. The largest absolute Gasteiger partial charge is 0.456 e. The summed E-state index contributed by atoms with van der Waals surface area (Å²) >= 11 is 0. The maximum Gasteiger partial charge on any atom is 0.231 e. The van der Waals surface area contributed by atoms with Crippen LogP contribution in [-0.2, 0) is 0 Å². The van der Waals surface area contributed by atoms with Gasteiger partial charge in [0.25, 0.3) is 0 Å². The number of pyridine rings is 1. The lowest BCUT2D eigenvalue weighted by Gasteiger charge is -2.10. The van der Waals surface area contributed by atoms with Crippen molar-refractivity contribution >= 4 is 0 Å². The van der Waals surface area contributed by atoms with Crippen LogP contribution in [0.4, 0.5) is 0 Å². The van der Waals surface area contributed by atoms with Crippen molar-refractivity contribution in [2.75, 3.05) is 6.79 Å². The van der Waals surface area contributed by atoms with Crippen LogP contribution in [-0.4, -0.2) is 11.8 Å². The van der Waals surface area contributed by atoms with Crippen molar-refractivity contribution < 1.29 is 14.2 Å². The molecule has 0 radical (unpaired) electrons. The zero-order valence-electron chi connectivity index (χ0n) is 11.2. The maximum absolute atomic E-state index is 5.92. The molecule has 2 aromatic rings. The van der Waals surface area contributed by atoms with Gasteiger partial charge in [-0.25, -0.2) is 0 Å². The molecule has 1 aromatic heterocycles. The van der Waals surface area contributed by atoms with Gasteiger partial charge in [0.15, 0.2) is 11.5 Å². The van der Waals surface area contributed by atoms with Crippen LogP contribution < -0.4 is 19.9 Å². The van der Waals surface area contributed by atoms with Crippen molar-refractivity contribution in [1.29, 1.82) is 0 Å². The fourth-order valence-electron chi connectivity index (χ4n) is 1.96. The highest BCUT2D eigenvalue weighted by atomic mass is 16.7. The molecule has 5 nitrogen and oxygen atoms in total. The Bertz CT molecular complexity index is 599. The van der Waals surface area contributed by atoms with Gasteiger partial charge >= 0.3 is 0 Å². The molecule has 1 aliphatic heterocycles. The first-order chi connectivity index (χ1) is 9.76. The maximum atomic E-state index is 5.92. The van der Waals surface area contributed by atoms with E-state index in [0.717, 1.165) is 17.9 Å². The summed E-state index contributed by atoms with van der Waals surface area (Å²) in [6.45, 7) is 2.29. The molecule has 20 heavy (non-hydrogen) atoms. The van der Waals surface area contributed by atoms with E-state index in [0.29, 0.717) is 17.2 Å². The predicted octanol–water partition coefficient (Wildman–Crippen LogP) is 3.01. The Hall–Kier alpha value is -2.27. The molecule has 0 bridgehead atoms. The number of ether oxygens (including phenoxy) is 3. The van der Waals surface area contributed by atoms with Gasteiger partial charge in [-0.05, 0) is 30.7 Å². The average molecular weight is 272 g/mol. The molecule has 0 aliphatic carbocycles. The number of aromatic nitrogens is 1. The highest BCUT2D eigenvalue weighted by molar-refractivity contribution is 5.47. The Kier molecular flexibility index (Phi) is 3.43. The van der Waals surface area contributed by atoms with E-state index in [9.17, 15) is 0 Å². The van der Waals surface area contributed by atoms with E-state index < -0.39 is 0 Å². The van der Waals surface area contributed by atoms with Gasteiger partial charge in [0.2, 0.25) is 6.79 Å². The Labute approximate surface area is 117 Å². The normalized spacial score (nSPS) is 14.1. The Balaban J connectivity index is 1.74. The molecule has 0 spiro atoms. The Morgan fingerprint density at radius 3 is 2.75 bits per heavy atom. The molecule has 3 rings (SSSR count). The van der Waals surface area contributed by atoms with Crippen molar-refractivity contribution in [1.82, 2.24) is 4.98 Å². The van der Waals surface area contributed by atoms with E-state index in [1.807, 2.05) is 31.2 Å². The van der Waals surface area contributed by atoms with Gasteiger partial charge in [-0.3, -0.25) is 4.98 Å². The van der Waals surface area contributed by atoms with Crippen molar-refractivity contribution in [3.63, 3.8) is 0 Å². The summed E-state index contributed by atoms with van der Waals surface area (Å²) in [4.78, 5) is 4.31. The van der Waals surface area contributed by atoms with E-state index in [-0.39, 0.29) is 12.8 Å². The van der Waals surface area contributed by atoms with E-state index in [1.54, 1.807) is 12.3 Å². The quantitative estimate of drug-likeness (QED) is 0.926. The minimum Gasteiger partial charge on any atom is -0.456 e. The first-order valence-electron chi connectivity index (χ1n) is 6.55. The molecule has 1 unspecified atom stereocenters. The molecule has 0 amide bonds. The number of hydrogen-bond acceptors (Lipinski definition) is 5. The summed E-state index contributed by atoms with van der Waals surface area (Å²) in [7, 11) is 0. The number of benzene rings is 1. The third kappa shape index (κ3) is 2.53. The van der Waals surface area contributed by atoms with Crippen LogP contribution in [0.5, 0.6) is 23.0 Å². The van der Waals surface area contributed by atoms with E-state index >= 15 is 0 Å². The summed E-state index contributed by atoms with van der Waals surface area (Å²) in [6, 6.07) is 9.17. The second-order valence-corrected chi connectivity index (χ2v) is 4.55. The molecule has 1 aromatic carbocycles. The molecule has 1 aliphatic rings. The molecule has 2 heterocycles. The summed E-state index contributed by atoms with van der Waals surface area (Å²) in [5, 5.41) is 0. The van der Waals surface area contributed by atoms with Gasteiger partial charge in [-0.15, -0.1) is 0 Å². The van der Waals surface area contributed by atoms with Crippen molar-refractivity contribution in [2.45, 2.75) is 19.4 Å². The fourth-order valence-corrected chi connectivity index (χ4v) is 1.96. The molecule has 0 saturated carbocycles. The van der Waals surface area contributed by atoms with Crippen molar-refractivity contribution in [2.24, 2.45) is 5.73 Å². The standard InChI is InChI=1S/C15H16N2O3/c1-2-12(16)13-5-3-11(8-17-13)20-10-4-6-14-15(7-10)19-9-18-14/h3-8,12H,2,9,16H2,1H3. The van der Waals surface area contributed by atoms with Crippen LogP contribution in [0, 0.1) is 0 Å². The van der Waals surface area contributed by atoms with E-state index in [4.69, 9.17) is 19.9 Å². The predicted molar refractivity (Wildman–Crippen MR) is 74.1 cm³/mol. The third-order valence-electron chi connectivity index (χ3n) is 3.16. The molecular weight excluding hydrogens is 256 g/mol. The third-order valence-corrected chi connectivity index (χ3v) is 3.16. The zero-order valence-corrected chi connectivity index (χ0v) is 11.2. The topological polar surface area (TPSA) is 66.6 Å². The van der Waals surface area contributed by atoms with Gasteiger partial charge in [-0.1, -0.05) is 6.92 Å². The van der Waals surface area contributed by atoms with Crippen LogP contribution in [0.2, 0.25) is 0 Å². The van der Waals surface area contributed by atoms with Crippen molar-refractivity contribution in [3.8, 4) is 23.0 Å². The van der Waals surface area contributed by atoms with Gasteiger partial charge < -0.3 is 19.9 Å². The first-order valence-corrected chi connectivity index (χ1v) is 6.55. The van der Waals surface area contributed by atoms with Gasteiger partial charge in [0.1, 0.15) is 11.5 Å². The lowest BCUT2D eigenvalue weighted by Crippen LogP contribution is -2.10. The molecule has 0 saturated heterocycles. The van der Waals surface area contributed by atoms with E-state index in [1.165, 1.54) is 0 Å². The monoisotopic (exact) mass is 272 g/mol. The van der Waals surface area contributed by atoms with Gasteiger partial charge in [0, 0.05) is 12.1 Å². The van der Waals surface area contributed by atoms with Crippen LogP contribution in [0.3, 0.4) is 0 Å². The van der Waals surface area contributed by atoms with Gasteiger partial charge in [-0.2, -0.15) is 0 Å². The number of hydrogen-bond donors (Lipinski definition) is 1.